The molecule has 0 N–H and O–H groups in total. The molecule has 6 heteroatoms. The molecule has 0 saturated heterocycles. The zero-order chi connectivity index (χ0) is 27.7. The Morgan fingerprint density at radius 3 is 2.50 bits per heavy atom. The van der Waals surface area contributed by atoms with E-state index >= 15 is 0 Å². The summed E-state index contributed by atoms with van der Waals surface area (Å²) in [6, 6.07) is 15.8. The van der Waals surface area contributed by atoms with Crippen molar-refractivity contribution in [3.63, 3.8) is 0 Å². The van der Waals surface area contributed by atoms with E-state index in [1.54, 1.807) is 12.1 Å². The number of esters is 1. The van der Waals surface area contributed by atoms with Crippen LogP contribution in [0.5, 0.6) is 6.01 Å². The van der Waals surface area contributed by atoms with Crippen LogP contribution in [0, 0.1) is 11.3 Å². The van der Waals surface area contributed by atoms with Gasteiger partial charge in [-0.25, -0.2) is 4.79 Å². The van der Waals surface area contributed by atoms with Crippen molar-refractivity contribution in [1.82, 2.24) is 9.55 Å². The third kappa shape index (κ3) is 6.19. The van der Waals surface area contributed by atoms with Gasteiger partial charge in [0.2, 0.25) is 0 Å². The maximum atomic E-state index is 12.5. The Hall–Kier alpha value is -4.63. The molecule has 1 aromatic heterocycles. The zero-order valence-electron chi connectivity index (χ0n) is 22.5. The average molecular weight is 508 g/mol. The number of para-hydroxylation sites is 1. The number of hydrogen-bond donors (Lipinski definition) is 0. The summed E-state index contributed by atoms with van der Waals surface area (Å²) in [5.41, 5.74) is 6.56. The first kappa shape index (κ1) is 27.9. The molecule has 6 nitrogen and oxygen atoms in total. The Morgan fingerprint density at radius 2 is 1.89 bits per heavy atom. The molecule has 38 heavy (non-hydrogen) atoms. The number of benzene rings is 2. The lowest BCUT2D eigenvalue weighted by Crippen LogP contribution is -2.09. The molecular weight excluding hydrogens is 474 g/mol. The Bertz CT molecular complexity index is 1480. The first-order valence-electron chi connectivity index (χ1n) is 12.5. The van der Waals surface area contributed by atoms with Gasteiger partial charge in [-0.3, -0.25) is 4.57 Å². The minimum atomic E-state index is -0.435. The van der Waals surface area contributed by atoms with E-state index < -0.39 is 5.97 Å². The Labute approximate surface area is 224 Å². The molecule has 0 aliphatic rings. The largest absolute Gasteiger partial charge is 0.465 e. The summed E-state index contributed by atoms with van der Waals surface area (Å²) < 4.78 is 12.7. The molecule has 0 radical (unpaired) electrons. The first-order valence-corrected chi connectivity index (χ1v) is 12.5. The van der Waals surface area contributed by atoms with E-state index in [1.807, 2.05) is 73.1 Å². The summed E-state index contributed by atoms with van der Waals surface area (Å²) in [7, 11) is 1.36. The molecule has 0 atom stereocenters. The number of fused-ring (bicyclic) bond motifs is 1. The van der Waals surface area contributed by atoms with Crippen molar-refractivity contribution in [3.05, 3.63) is 113 Å². The van der Waals surface area contributed by atoms with Gasteiger partial charge in [-0.1, -0.05) is 68.6 Å². The number of nitrogens with zero attached hydrogens (tertiary/aromatic N) is 3. The van der Waals surface area contributed by atoms with Gasteiger partial charge in [0.05, 0.1) is 48.5 Å². The highest BCUT2D eigenvalue weighted by Gasteiger charge is 2.20. The molecule has 0 bridgehead atoms. The van der Waals surface area contributed by atoms with Crippen molar-refractivity contribution in [2.24, 2.45) is 0 Å². The molecule has 0 aliphatic heterocycles. The van der Waals surface area contributed by atoms with E-state index in [0.29, 0.717) is 41.3 Å². The summed E-state index contributed by atoms with van der Waals surface area (Å²) in [5.74, 6) is -0.435. The Morgan fingerprint density at radius 1 is 1.16 bits per heavy atom. The highest BCUT2D eigenvalue weighted by atomic mass is 16.5. The number of aromatic nitrogens is 2. The SMILES string of the molecule is C=C(C#N)/C(=C\C(=C)/C(=C/C=C\C)CC)c1ccc(Cn2c(OCC)nc3cccc(C(=O)OC)c32)cc1. The van der Waals surface area contributed by atoms with Crippen LogP contribution in [0.1, 0.15) is 48.7 Å². The third-order valence-electron chi connectivity index (χ3n) is 6.08. The molecule has 3 aromatic rings. The molecule has 3 rings (SSSR count). The topological polar surface area (TPSA) is 77.1 Å². The molecule has 0 spiro atoms. The minimum absolute atomic E-state index is 0.363. The molecular formula is C32H33N3O3. The summed E-state index contributed by atoms with van der Waals surface area (Å²) in [6.07, 6.45) is 8.71. The number of ether oxygens (including phenoxy) is 2. The first-order chi connectivity index (χ1) is 18.4. The van der Waals surface area contributed by atoms with Crippen LogP contribution in [0.3, 0.4) is 0 Å². The molecule has 1 heterocycles. The van der Waals surface area contributed by atoms with Gasteiger partial charge in [0.1, 0.15) is 0 Å². The zero-order valence-corrected chi connectivity index (χ0v) is 22.5. The highest BCUT2D eigenvalue weighted by molar-refractivity contribution is 6.02. The van der Waals surface area contributed by atoms with Crippen LogP contribution in [0.2, 0.25) is 0 Å². The van der Waals surface area contributed by atoms with Gasteiger partial charge in [0, 0.05) is 0 Å². The van der Waals surface area contributed by atoms with Crippen molar-refractivity contribution < 1.29 is 14.3 Å². The predicted octanol–water partition coefficient (Wildman–Crippen LogP) is 7.20. The number of carbonyl (C=O) groups is 1. The fourth-order valence-electron chi connectivity index (χ4n) is 4.13. The molecule has 0 unspecified atom stereocenters. The fraction of sp³-hybridized carbons (Fsp3) is 0.219. The standard InChI is InChI=1S/C32H33N3O3/c1-7-10-12-25(8-2)22(4)19-28(23(5)20-33)26-17-15-24(16-18-26)21-35-30-27(31(36)37-6)13-11-14-29(30)34-32(35)38-9-3/h7,10-19H,4-5,8-9,21H2,1-3,6H3/b10-7-,25-12+,28-19+. The molecule has 2 aromatic carbocycles. The average Bonchev–Trinajstić information content (AvgIpc) is 3.28. The summed E-state index contributed by atoms with van der Waals surface area (Å²) in [6.45, 7) is 15.0. The van der Waals surface area contributed by atoms with Gasteiger partial charge < -0.3 is 9.47 Å². The van der Waals surface area contributed by atoms with Crippen LogP contribution in [-0.2, 0) is 11.3 Å². The number of rotatable bonds is 11. The maximum Gasteiger partial charge on any atom is 0.340 e. The Balaban J connectivity index is 2.02. The van der Waals surface area contributed by atoms with Crippen LogP contribution in [0.15, 0.2) is 96.6 Å². The molecule has 0 amide bonds. The Kier molecular flexibility index (Phi) is 9.61. The number of methoxy groups -OCH3 is 1. The van der Waals surface area contributed by atoms with E-state index in [1.165, 1.54) is 7.11 Å². The molecule has 194 valence electrons. The number of imidazole rings is 1. The lowest BCUT2D eigenvalue weighted by atomic mass is 9.94. The lowest BCUT2D eigenvalue weighted by Gasteiger charge is -2.13. The second-order valence-corrected chi connectivity index (χ2v) is 8.52. The van der Waals surface area contributed by atoms with Gasteiger partial charge in [0.25, 0.3) is 6.01 Å². The van der Waals surface area contributed by atoms with Gasteiger partial charge >= 0.3 is 5.97 Å². The van der Waals surface area contributed by atoms with E-state index in [4.69, 9.17) is 9.47 Å². The molecule has 0 saturated carbocycles. The maximum absolute atomic E-state index is 12.5. The van der Waals surface area contributed by atoms with Crippen molar-refractivity contribution in [2.75, 3.05) is 13.7 Å². The molecule has 0 fully saturated rings. The molecule has 0 aliphatic carbocycles. The van der Waals surface area contributed by atoms with Crippen molar-refractivity contribution in [2.45, 2.75) is 33.7 Å². The summed E-state index contributed by atoms with van der Waals surface area (Å²) in [5, 5.41) is 9.61. The van der Waals surface area contributed by atoms with Crippen LogP contribution < -0.4 is 4.74 Å². The van der Waals surface area contributed by atoms with Gasteiger partial charge in [-0.15, -0.1) is 0 Å². The van der Waals surface area contributed by atoms with Gasteiger partial charge in [0.15, 0.2) is 0 Å². The van der Waals surface area contributed by atoms with E-state index in [0.717, 1.165) is 34.3 Å². The van der Waals surface area contributed by atoms with E-state index in [2.05, 4.69) is 31.1 Å². The number of hydrogen-bond acceptors (Lipinski definition) is 5. The van der Waals surface area contributed by atoms with E-state index in [-0.39, 0.29) is 0 Å². The van der Waals surface area contributed by atoms with Crippen LogP contribution in [-0.4, -0.2) is 29.2 Å². The lowest BCUT2D eigenvalue weighted by molar-refractivity contribution is 0.0602. The number of carbonyl (C=O) groups excluding carboxylic acids is 1. The van der Waals surface area contributed by atoms with Crippen molar-refractivity contribution >= 4 is 22.6 Å². The predicted molar refractivity (Wildman–Crippen MR) is 153 cm³/mol. The normalized spacial score (nSPS) is 12.0. The van der Waals surface area contributed by atoms with Crippen LogP contribution in [0.25, 0.3) is 16.6 Å². The van der Waals surface area contributed by atoms with E-state index in [9.17, 15) is 10.1 Å². The number of allylic oxidation sites excluding steroid dienone is 8. The third-order valence-corrected chi connectivity index (χ3v) is 6.08. The second-order valence-electron chi connectivity index (χ2n) is 8.52. The van der Waals surface area contributed by atoms with Crippen LogP contribution >= 0.6 is 0 Å². The minimum Gasteiger partial charge on any atom is -0.465 e. The number of nitriles is 1. The highest BCUT2D eigenvalue weighted by Crippen LogP contribution is 2.29. The summed E-state index contributed by atoms with van der Waals surface area (Å²) >= 11 is 0. The monoisotopic (exact) mass is 507 g/mol. The smallest absolute Gasteiger partial charge is 0.340 e. The summed E-state index contributed by atoms with van der Waals surface area (Å²) in [4.78, 5) is 17.1. The van der Waals surface area contributed by atoms with Crippen molar-refractivity contribution in [3.8, 4) is 12.1 Å². The van der Waals surface area contributed by atoms with Crippen LogP contribution in [0.4, 0.5) is 0 Å². The van der Waals surface area contributed by atoms with Gasteiger partial charge in [-0.05, 0) is 66.3 Å². The van der Waals surface area contributed by atoms with Crippen molar-refractivity contribution in [1.29, 1.82) is 5.26 Å². The second kappa shape index (κ2) is 13.1. The quantitative estimate of drug-likeness (QED) is 0.156. The van der Waals surface area contributed by atoms with Gasteiger partial charge in [-0.2, -0.15) is 10.2 Å². The fourth-order valence-corrected chi connectivity index (χ4v) is 4.13.